The van der Waals surface area contributed by atoms with Crippen molar-refractivity contribution in [1.29, 1.82) is 0 Å². The summed E-state index contributed by atoms with van der Waals surface area (Å²) in [7, 11) is 0. The van der Waals surface area contributed by atoms with E-state index >= 15 is 0 Å². The van der Waals surface area contributed by atoms with Gasteiger partial charge in [-0.3, -0.25) is 9.36 Å². The van der Waals surface area contributed by atoms with Gasteiger partial charge in [0.05, 0.1) is 16.3 Å². The van der Waals surface area contributed by atoms with Gasteiger partial charge >= 0.3 is 0 Å². The van der Waals surface area contributed by atoms with Crippen molar-refractivity contribution in [1.82, 2.24) is 14.9 Å². The number of thiazole rings is 1. The number of aliphatic hydroxyl groups is 1. The number of carbonyl (C=O) groups excluding carboxylic acids is 1. The molecule has 0 fully saturated rings. The predicted octanol–water partition coefficient (Wildman–Crippen LogP) is 4.17. The number of hydrogen-bond donors (Lipinski definition) is 2. The quantitative estimate of drug-likeness (QED) is 0.537. The van der Waals surface area contributed by atoms with Crippen LogP contribution >= 0.6 is 11.3 Å². The highest BCUT2D eigenvalue weighted by Crippen LogP contribution is 2.28. The van der Waals surface area contributed by atoms with Crippen molar-refractivity contribution in [3.05, 3.63) is 83.2 Å². The van der Waals surface area contributed by atoms with Crippen LogP contribution in [-0.4, -0.2) is 27.1 Å². The molecule has 0 bridgehead atoms. The van der Waals surface area contributed by atoms with Crippen LogP contribution < -0.4 is 5.32 Å². The summed E-state index contributed by atoms with van der Waals surface area (Å²) in [6, 6.07) is 18.9. The minimum absolute atomic E-state index is 0.163. The fraction of sp³-hybridized carbons (Fsp3) is 0.182. The van der Waals surface area contributed by atoms with Crippen molar-refractivity contribution < 1.29 is 9.90 Å². The second kappa shape index (κ2) is 7.58. The van der Waals surface area contributed by atoms with E-state index in [9.17, 15) is 9.90 Å². The molecular weight excluding hydrogens is 370 g/mol. The first-order valence-corrected chi connectivity index (χ1v) is 9.91. The van der Waals surface area contributed by atoms with Gasteiger partial charge in [0, 0.05) is 23.5 Å². The number of carbonyl (C=O) groups is 1. The van der Waals surface area contributed by atoms with E-state index < -0.39 is 6.10 Å². The molecule has 0 saturated heterocycles. The molecule has 1 amide bonds. The Morgan fingerprint density at radius 2 is 1.82 bits per heavy atom. The van der Waals surface area contributed by atoms with Crippen molar-refractivity contribution in [3.8, 4) is 5.13 Å². The summed E-state index contributed by atoms with van der Waals surface area (Å²) in [6.07, 6.45) is -0.733. The summed E-state index contributed by atoms with van der Waals surface area (Å²) in [4.78, 5) is 17.2. The van der Waals surface area contributed by atoms with Crippen LogP contribution in [0.5, 0.6) is 0 Å². The van der Waals surface area contributed by atoms with E-state index in [0.29, 0.717) is 5.56 Å². The molecule has 0 aliphatic heterocycles. The lowest BCUT2D eigenvalue weighted by atomic mass is 10.1. The number of hydrogen-bond acceptors (Lipinski definition) is 4. The molecule has 142 valence electrons. The van der Waals surface area contributed by atoms with Gasteiger partial charge in [0.25, 0.3) is 5.91 Å². The first kappa shape index (κ1) is 18.4. The van der Waals surface area contributed by atoms with Crippen LogP contribution in [0.3, 0.4) is 0 Å². The number of fused-ring (bicyclic) bond motifs is 1. The second-order valence-electron chi connectivity index (χ2n) is 6.77. The third kappa shape index (κ3) is 3.56. The summed E-state index contributed by atoms with van der Waals surface area (Å²) in [5, 5.41) is 13.9. The largest absolute Gasteiger partial charge is 0.387 e. The van der Waals surface area contributed by atoms with E-state index in [1.54, 1.807) is 17.4 Å². The Balaban J connectivity index is 1.52. The van der Waals surface area contributed by atoms with E-state index in [1.165, 1.54) is 0 Å². The fourth-order valence-corrected chi connectivity index (χ4v) is 4.33. The zero-order valence-corrected chi connectivity index (χ0v) is 16.5. The minimum atomic E-state index is -0.733. The molecule has 2 heterocycles. The Kier molecular flexibility index (Phi) is 4.98. The summed E-state index contributed by atoms with van der Waals surface area (Å²) < 4.78 is 3.07. The lowest BCUT2D eigenvalue weighted by Crippen LogP contribution is -2.28. The zero-order chi connectivity index (χ0) is 19.7. The Hall–Kier alpha value is -2.96. The normalized spacial score (nSPS) is 12.2. The topological polar surface area (TPSA) is 67.2 Å². The second-order valence-corrected chi connectivity index (χ2v) is 7.78. The van der Waals surface area contributed by atoms with Gasteiger partial charge in [-0.1, -0.05) is 41.7 Å². The molecule has 0 radical (unpaired) electrons. The molecule has 4 aromatic rings. The first-order valence-electron chi connectivity index (χ1n) is 9.10. The average Bonchev–Trinajstić information content (AvgIpc) is 3.27. The van der Waals surface area contributed by atoms with Gasteiger partial charge in [0.2, 0.25) is 0 Å². The Morgan fingerprint density at radius 3 is 2.54 bits per heavy atom. The molecule has 4 rings (SSSR count). The Bertz CT molecular complexity index is 1110. The Morgan fingerprint density at radius 1 is 1.11 bits per heavy atom. The van der Waals surface area contributed by atoms with Crippen LogP contribution in [0.25, 0.3) is 15.3 Å². The molecule has 28 heavy (non-hydrogen) atoms. The smallest absolute Gasteiger partial charge is 0.251 e. The van der Waals surface area contributed by atoms with Crippen molar-refractivity contribution >= 4 is 27.5 Å². The molecule has 2 N–H and O–H groups in total. The molecule has 0 aliphatic rings. The molecule has 2 aromatic carbocycles. The van der Waals surface area contributed by atoms with Crippen LogP contribution in [0.4, 0.5) is 0 Å². The van der Waals surface area contributed by atoms with Gasteiger partial charge in [-0.25, -0.2) is 4.98 Å². The van der Waals surface area contributed by atoms with E-state index in [0.717, 1.165) is 32.3 Å². The maximum absolute atomic E-state index is 12.5. The van der Waals surface area contributed by atoms with E-state index in [4.69, 9.17) is 4.98 Å². The van der Waals surface area contributed by atoms with E-state index in [2.05, 4.69) is 35.9 Å². The summed E-state index contributed by atoms with van der Waals surface area (Å²) in [5.41, 5.74) is 4.47. The molecular formula is C22H21N3O2S. The third-order valence-corrected chi connectivity index (χ3v) is 5.75. The monoisotopic (exact) mass is 391 g/mol. The minimum Gasteiger partial charge on any atom is -0.387 e. The number of amides is 1. The van der Waals surface area contributed by atoms with Crippen molar-refractivity contribution in [2.75, 3.05) is 6.54 Å². The zero-order valence-electron chi connectivity index (χ0n) is 15.7. The number of aliphatic hydroxyl groups excluding tert-OH is 1. The molecule has 0 aliphatic carbocycles. The van der Waals surface area contributed by atoms with Crippen LogP contribution in [0.15, 0.2) is 60.7 Å². The highest BCUT2D eigenvalue weighted by Gasteiger charge is 2.14. The van der Waals surface area contributed by atoms with Gasteiger partial charge in [-0.2, -0.15) is 0 Å². The van der Waals surface area contributed by atoms with Gasteiger partial charge in [0.1, 0.15) is 0 Å². The van der Waals surface area contributed by atoms with Crippen LogP contribution in [-0.2, 0) is 0 Å². The molecule has 5 nitrogen and oxygen atoms in total. The van der Waals surface area contributed by atoms with Crippen LogP contribution in [0.1, 0.15) is 33.4 Å². The van der Waals surface area contributed by atoms with Gasteiger partial charge in [-0.05, 0) is 49.7 Å². The highest BCUT2D eigenvalue weighted by molar-refractivity contribution is 7.20. The van der Waals surface area contributed by atoms with Crippen molar-refractivity contribution in [2.24, 2.45) is 0 Å². The summed E-state index contributed by atoms with van der Waals surface area (Å²) in [5.74, 6) is -0.208. The number of rotatable bonds is 5. The number of nitrogens with zero attached hydrogens (tertiary/aromatic N) is 2. The molecule has 0 spiro atoms. The van der Waals surface area contributed by atoms with Gasteiger partial charge in [-0.15, -0.1) is 0 Å². The van der Waals surface area contributed by atoms with Crippen molar-refractivity contribution in [2.45, 2.75) is 20.0 Å². The first-order chi connectivity index (χ1) is 13.5. The van der Waals surface area contributed by atoms with Crippen molar-refractivity contribution in [3.63, 3.8) is 0 Å². The van der Waals surface area contributed by atoms with Gasteiger partial charge in [0.15, 0.2) is 5.13 Å². The SMILES string of the molecule is Cc1ccc(C)n1-c1nc2ccc(C(=O)NC[C@@H](O)c3ccccc3)cc2s1. The summed E-state index contributed by atoms with van der Waals surface area (Å²) >= 11 is 1.56. The molecule has 6 heteroatoms. The van der Waals surface area contributed by atoms with Crippen LogP contribution in [0.2, 0.25) is 0 Å². The number of aromatic nitrogens is 2. The van der Waals surface area contributed by atoms with Gasteiger partial charge < -0.3 is 10.4 Å². The predicted molar refractivity (Wildman–Crippen MR) is 112 cm³/mol. The number of nitrogens with one attached hydrogen (secondary N) is 1. The Labute approximate surface area is 167 Å². The van der Waals surface area contributed by atoms with E-state index in [1.807, 2.05) is 42.5 Å². The molecule has 1 atom stereocenters. The molecule has 2 aromatic heterocycles. The number of benzene rings is 2. The maximum Gasteiger partial charge on any atom is 0.251 e. The highest BCUT2D eigenvalue weighted by atomic mass is 32.1. The van der Waals surface area contributed by atoms with E-state index in [-0.39, 0.29) is 12.5 Å². The fourth-order valence-electron chi connectivity index (χ4n) is 3.20. The van der Waals surface area contributed by atoms with Crippen LogP contribution in [0, 0.1) is 13.8 Å². The summed E-state index contributed by atoms with van der Waals surface area (Å²) in [6.45, 7) is 4.27. The standard InChI is InChI=1S/C22H21N3O2S/c1-14-8-9-15(2)25(14)22-24-18-11-10-17(12-20(18)28-22)21(27)23-13-19(26)16-6-4-3-5-7-16/h3-12,19,26H,13H2,1-2H3,(H,23,27)/t19-/m1/s1. The molecule has 0 unspecified atom stereocenters. The lowest BCUT2D eigenvalue weighted by molar-refractivity contribution is 0.0916. The lowest BCUT2D eigenvalue weighted by Gasteiger charge is -2.12. The maximum atomic E-state index is 12.5. The molecule has 0 saturated carbocycles. The number of aryl methyl sites for hydroxylation is 2. The average molecular weight is 391 g/mol. The third-order valence-electron chi connectivity index (χ3n) is 4.74.